The summed E-state index contributed by atoms with van der Waals surface area (Å²) in [6.07, 6.45) is 0. The van der Waals surface area contributed by atoms with Gasteiger partial charge in [-0.05, 0) is 13.8 Å². The molecule has 1 saturated heterocycles. The first-order valence-corrected chi connectivity index (χ1v) is 5.18. The number of aliphatic hydroxyl groups is 1. The zero-order valence-corrected chi connectivity index (χ0v) is 9.12. The summed E-state index contributed by atoms with van der Waals surface area (Å²) in [7, 11) is 0. The molecular weight excluding hydrogens is 194 g/mol. The highest BCUT2D eigenvalue weighted by Crippen LogP contribution is 2.17. The highest BCUT2D eigenvalue weighted by molar-refractivity contribution is 5.30. The summed E-state index contributed by atoms with van der Waals surface area (Å²) in [5.74, 6) is 1.18. The van der Waals surface area contributed by atoms with Gasteiger partial charge in [0.2, 0.25) is 5.95 Å². The van der Waals surface area contributed by atoms with Crippen LogP contribution in [0.3, 0.4) is 0 Å². The van der Waals surface area contributed by atoms with Crippen molar-refractivity contribution in [2.75, 3.05) is 31.1 Å². The molecule has 6 heteroatoms. The molecule has 0 amide bonds. The minimum atomic E-state index is -0.959. The van der Waals surface area contributed by atoms with Crippen LogP contribution in [-0.4, -0.2) is 46.5 Å². The van der Waals surface area contributed by atoms with Gasteiger partial charge < -0.3 is 15.3 Å². The van der Waals surface area contributed by atoms with E-state index in [4.69, 9.17) is 0 Å². The molecule has 0 aromatic carbocycles. The number of hydrogen-bond acceptors (Lipinski definition) is 5. The van der Waals surface area contributed by atoms with Crippen LogP contribution in [0.5, 0.6) is 0 Å². The van der Waals surface area contributed by atoms with E-state index in [1.165, 1.54) is 0 Å². The Labute approximate surface area is 88.7 Å². The molecule has 0 radical (unpaired) electrons. The van der Waals surface area contributed by atoms with Crippen molar-refractivity contribution in [1.82, 2.24) is 20.5 Å². The van der Waals surface area contributed by atoms with Crippen molar-refractivity contribution < 1.29 is 5.11 Å². The van der Waals surface area contributed by atoms with Gasteiger partial charge in [-0.3, -0.25) is 5.10 Å². The fraction of sp³-hybridized carbons (Fsp3) is 0.778. The van der Waals surface area contributed by atoms with Gasteiger partial charge in [0.25, 0.3) is 0 Å². The molecule has 2 rings (SSSR count). The Morgan fingerprint density at radius 2 is 2.00 bits per heavy atom. The maximum atomic E-state index is 9.74. The smallest absolute Gasteiger partial charge is 0.244 e. The van der Waals surface area contributed by atoms with Gasteiger partial charge in [-0.15, -0.1) is 5.10 Å². The van der Waals surface area contributed by atoms with Crippen LogP contribution in [0.25, 0.3) is 0 Å². The van der Waals surface area contributed by atoms with Crippen LogP contribution < -0.4 is 10.2 Å². The number of H-pyrrole nitrogens is 1. The molecule has 1 aromatic heterocycles. The first-order chi connectivity index (χ1) is 7.07. The first-order valence-electron chi connectivity index (χ1n) is 5.18. The Kier molecular flexibility index (Phi) is 2.62. The van der Waals surface area contributed by atoms with Crippen molar-refractivity contribution in [2.45, 2.75) is 19.4 Å². The van der Waals surface area contributed by atoms with Gasteiger partial charge in [-0.2, -0.15) is 4.98 Å². The van der Waals surface area contributed by atoms with Gasteiger partial charge in [0.15, 0.2) is 5.82 Å². The van der Waals surface area contributed by atoms with Gasteiger partial charge in [0.1, 0.15) is 5.60 Å². The van der Waals surface area contributed by atoms with Crippen LogP contribution in [-0.2, 0) is 5.60 Å². The molecule has 84 valence electrons. The van der Waals surface area contributed by atoms with E-state index in [1.54, 1.807) is 13.8 Å². The van der Waals surface area contributed by atoms with E-state index in [1.807, 2.05) is 0 Å². The van der Waals surface area contributed by atoms with E-state index in [9.17, 15) is 5.11 Å². The molecule has 0 saturated carbocycles. The maximum absolute atomic E-state index is 9.74. The Bertz CT molecular complexity index is 323. The number of hydrogen-bond donors (Lipinski definition) is 3. The van der Waals surface area contributed by atoms with E-state index >= 15 is 0 Å². The van der Waals surface area contributed by atoms with Crippen molar-refractivity contribution in [3.05, 3.63) is 5.82 Å². The lowest BCUT2D eigenvalue weighted by atomic mass is 10.1. The molecule has 0 atom stereocenters. The van der Waals surface area contributed by atoms with E-state index in [2.05, 4.69) is 25.4 Å². The van der Waals surface area contributed by atoms with E-state index in [0.717, 1.165) is 26.2 Å². The third-order valence-corrected chi connectivity index (χ3v) is 2.45. The Balaban J connectivity index is 2.12. The molecule has 1 fully saturated rings. The number of nitrogens with zero attached hydrogens (tertiary/aromatic N) is 3. The summed E-state index contributed by atoms with van der Waals surface area (Å²) in [5.41, 5.74) is -0.959. The number of aromatic amines is 1. The molecule has 0 aliphatic carbocycles. The molecule has 2 heterocycles. The maximum Gasteiger partial charge on any atom is 0.244 e. The highest BCUT2D eigenvalue weighted by atomic mass is 16.3. The summed E-state index contributed by atoms with van der Waals surface area (Å²) in [6.45, 7) is 7.09. The van der Waals surface area contributed by atoms with Crippen LogP contribution in [0.1, 0.15) is 19.7 Å². The lowest BCUT2D eigenvalue weighted by Crippen LogP contribution is -2.44. The van der Waals surface area contributed by atoms with Gasteiger partial charge in [-0.25, -0.2) is 0 Å². The molecule has 3 N–H and O–H groups in total. The zero-order valence-electron chi connectivity index (χ0n) is 9.12. The summed E-state index contributed by atoms with van der Waals surface area (Å²) in [4.78, 5) is 6.39. The highest BCUT2D eigenvalue weighted by Gasteiger charge is 2.23. The predicted octanol–water partition coefficient (Wildman–Crippen LogP) is -0.558. The summed E-state index contributed by atoms with van der Waals surface area (Å²) < 4.78 is 0. The molecule has 1 aliphatic heterocycles. The van der Waals surface area contributed by atoms with Crippen molar-refractivity contribution in [2.24, 2.45) is 0 Å². The summed E-state index contributed by atoms with van der Waals surface area (Å²) in [6, 6.07) is 0. The second-order valence-electron chi connectivity index (χ2n) is 4.28. The third-order valence-electron chi connectivity index (χ3n) is 2.45. The van der Waals surface area contributed by atoms with Crippen LogP contribution in [0, 0.1) is 0 Å². The number of nitrogens with one attached hydrogen (secondary N) is 2. The monoisotopic (exact) mass is 211 g/mol. The van der Waals surface area contributed by atoms with Crippen LogP contribution in [0.15, 0.2) is 0 Å². The predicted molar refractivity (Wildman–Crippen MR) is 56.7 cm³/mol. The van der Waals surface area contributed by atoms with Gasteiger partial charge >= 0.3 is 0 Å². The number of rotatable bonds is 2. The van der Waals surface area contributed by atoms with E-state index in [0.29, 0.717) is 11.8 Å². The zero-order chi connectivity index (χ0) is 10.9. The molecule has 0 unspecified atom stereocenters. The number of anilines is 1. The fourth-order valence-corrected chi connectivity index (χ4v) is 1.53. The molecular formula is C9H17N5O. The van der Waals surface area contributed by atoms with Crippen molar-refractivity contribution in [1.29, 1.82) is 0 Å². The second kappa shape index (κ2) is 3.79. The van der Waals surface area contributed by atoms with Gasteiger partial charge in [0.05, 0.1) is 0 Å². The lowest BCUT2D eigenvalue weighted by molar-refractivity contribution is 0.0691. The molecule has 15 heavy (non-hydrogen) atoms. The van der Waals surface area contributed by atoms with Crippen LogP contribution >= 0.6 is 0 Å². The lowest BCUT2D eigenvalue weighted by Gasteiger charge is -2.25. The van der Waals surface area contributed by atoms with Crippen LogP contribution in [0.2, 0.25) is 0 Å². The third kappa shape index (κ3) is 2.27. The topological polar surface area (TPSA) is 77.1 Å². The Hall–Kier alpha value is -1.14. The molecule has 0 bridgehead atoms. The van der Waals surface area contributed by atoms with Crippen molar-refractivity contribution >= 4 is 5.95 Å². The number of aromatic nitrogens is 3. The average molecular weight is 211 g/mol. The fourth-order valence-electron chi connectivity index (χ4n) is 1.53. The summed E-state index contributed by atoms with van der Waals surface area (Å²) >= 11 is 0. The largest absolute Gasteiger partial charge is 0.382 e. The van der Waals surface area contributed by atoms with E-state index in [-0.39, 0.29) is 0 Å². The molecule has 6 nitrogen and oxygen atoms in total. The van der Waals surface area contributed by atoms with E-state index < -0.39 is 5.60 Å². The Morgan fingerprint density at radius 3 is 2.53 bits per heavy atom. The normalized spacial score (nSPS) is 18.2. The molecule has 1 aromatic rings. The van der Waals surface area contributed by atoms with Crippen LogP contribution in [0.4, 0.5) is 5.95 Å². The van der Waals surface area contributed by atoms with Crippen molar-refractivity contribution in [3.63, 3.8) is 0 Å². The van der Waals surface area contributed by atoms with Crippen molar-refractivity contribution in [3.8, 4) is 0 Å². The summed E-state index contributed by atoms with van der Waals surface area (Å²) in [5, 5.41) is 19.9. The SMILES string of the molecule is CC(C)(O)c1nc(N2CCNCC2)n[nH]1. The molecule has 1 aliphatic rings. The molecule has 0 spiro atoms. The quantitative estimate of drug-likeness (QED) is 0.611. The number of piperazine rings is 1. The average Bonchev–Trinajstić information content (AvgIpc) is 2.67. The first kappa shape index (κ1) is 10.4. The van der Waals surface area contributed by atoms with Gasteiger partial charge in [-0.1, -0.05) is 0 Å². The minimum Gasteiger partial charge on any atom is -0.382 e. The standard InChI is InChI=1S/C9H17N5O/c1-9(2,15)7-11-8(13-12-7)14-5-3-10-4-6-14/h10,15H,3-6H2,1-2H3,(H,11,12,13). The second-order valence-corrected chi connectivity index (χ2v) is 4.28. The Morgan fingerprint density at radius 1 is 1.33 bits per heavy atom. The minimum absolute atomic E-state index is 0.510. The van der Waals surface area contributed by atoms with Gasteiger partial charge in [0, 0.05) is 26.2 Å².